The van der Waals surface area contributed by atoms with Gasteiger partial charge in [0.2, 0.25) is 0 Å². The summed E-state index contributed by atoms with van der Waals surface area (Å²) in [5.74, 6) is -0.802. The Morgan fingerprint density at radius 2 is 1.84 bits per heavy atom. The molecule has 0 radical (unpaired) electrons. The van der Waals surface area contributed by atoms with Crippen LogP contribution in [-0.2, 0) is 6.54 Å². The van der Waals surface area contributed by atoms with Gasteiger partial charge in [0.25, 0.3) is 5.91 Å². The molecular formula is C14H14FN3O. The first-order chi connectivity index (χ1) is 9.10. The number of nitrogen functional groups attached to an aromatic ring is 1. The van der Waals surface area contributed by atoms with Gasteiger partial charge in [-0.05, 0) is 35.9 Å². The Morgan fingerprint density at radius 1 is 1.16 bits per heavy atom. The minimum atomic E-state index is -0.456. The molecular weight excluding hydrogens is 245 g/mol. The van der Waals surface area contributed by atoms with Gasteiger partial charge in [0.15, 0.2) is 0 Å². The van der Waals surface area contributed by atoms with Crippen LogP contribution in [0.15, 0.2) is 42.5 Å². The molecule has 0 aliphatic heterocycles. The van der Waals surface area contributed by atoms with Crippen LogP contribution in [0.4, 0.5) is 15.8 Å². The van der Waals surface area contributed by atoms with Crippen LogP contribution in [0.3, 0.4) is 0 Å². The normalized spacial score (nSPS) is 10.2. The van der Waals surface area contributed by atoms with Gasteiger partial charge in [-0.25, -0.2) is 4.39 Å². The Bertz CT molecular complexity index is 596. The summed E-state index contributed by atoms with van der Waals surface area (Å²) in [6.45, 7) is 0.415. The monoisotopic (exact) mass is 259 g/mol. The third kappa shape index (κ3) is 3.08. The number of rotatable bonds is 3. The molecule has 0 atom stereocenters. The zero-order chi connectivity index (χ0) is 13.8. The fraction of sp³-hybridized carbons (Fsp3) is 0.0714. The highest BCUT2D eigenvalue weighted by atomic mass is 19.1. The maximum Gasteiger partial charge on any atom is 0.255 e. The lowest BCUT2D eigenvalue weighted by atomic mass is 10.1. The molecule has 5 N–H and O–H groups in total. The van der Waals surface area contributed by atoms with Crippen molar-refractivity contribution in [1.29, 1.82) is 0 Å². The van der Waals surface area contributed by atoms with Gasteiger partial charge in [0, 0.05) is 12.1 Å². The molecule has 0 saturated heterocycles. The first-order valence-corrected chi connectivity index (χ1v) is 5.75. The van der Waals surface area contributed by atoms with Crippen molar-refractivity contribution < 1.29 is 9.18 Å². The van der Waals surface area contributed by atoms with Crippen LogP contribution in [-0.4, -0.2) is 5.91 Å². The molecule has 0 aliphatic carbocycles. The van der Waals surface area contributed by atoms with E-state index in [1.807, 2.05) is 0 Å². The molecule has 98 valence electrons. The Kier molecular flexibility index (Phi) is 3.77. The van der Waals surface area contributed by atoms with Gasteiger partial charge in [0.05, 0.1) is 11.4 Å². The molecule has 2 aromatic carbocycles. The number of benzene rings is 2. The molecule has 0 aliphatic rings. The van der Waals surface area contributed by atoms with E-state index in [0.29, 0.717) is 17.8 Å². The standard InChI is InChI=1S/C14H14FN3O/c15-11-5-6-12(17)13(7-11)18-14(19)10-3-1-9(8-16)2-4-10/h1-7H,8,16-17H2,(H,18,19). The highest BCUT2D eigenvalue weighted by Gasteiger charge is 2.08. The van der Waals surface area contributed by atoms with Gasteiger partial charge in [-0.3, -0.25) is 4.79 Å². The van der Waals surface area contributed by atoms with Crippen LogP contribution in [0.2, 0.25) is 0 Å². The van der Waals surface area contributed by atoms with Crippen LogP contribution in [0.5, 0.6) is 0 Å². The molecule has 0 bridgehead atoms. The van der Waals surface area contributed by atoms with Crippen LogP contribution >= 0.6 is 0 Å². The van der Waals surface area contributed by atoms with Crippen molar-refractivity contribution in [2.45, 2.75) is 6.54 Å². The lowest BCUT2D eigenvalue weighted by Crippen LogP contribution is -2.13. The Labute approximate surface area is 110 Å². The smallest absolute Gasteiger partial charge is 0.255 e. The number of nitrogens with one attached hydrogen (secondary N) is 1. The molecule has 0 unspecified atom stereocenters. The van der Waals surface area contributed by atoms with Crippen LogP contribution < -0.4 is 16.8 Å². The van der Waals surface area contributed by atoms with Gasteiger partial charge < -0.3 is 16.8 Å². The quantitative estimate of drug-likeness (QED) is 0.738. The second kappa shape index (κ2) is 5.49. The molecule has 0 spiro atoms. The summed E-state index contributed by atoms with van der Waals surface area (Å²) in [4.78, 5) is 12.0. The average molecular weight is 259 g/mol. The van der Waals surface area contributed by atoms with Crippen molar-refractivity contribution in [3.8, 4) is 0 Å². The average Bonchev–Trinajstić information content (AvgIpc) is 2.43. The first-order valence-electron chi connectivity index (χ1n) is 5.75. The summed E-state index contributed by atoms with van der Waals surface area (Å²) in [7, 11) is 0. The Hall–Kier alpha value is -2.40. The lowest BCUT2D eigenvalue weighted by Gasteiger charge is -2.08. The molecule has 4 nitrogen and oxygen atoms in total. The predicted octanol–water partition coefficient (Wildman–Crippen LogP) is 2.12. The number of anilines is 2. The molecule has 0 heterocycles. The Balaban J connectivity index is 2.18. The van der Waals surface area contributed by atoms with E-state index in [1.165, 1.54) is 18.2 Å². The largest absolute Gasteiger partial charge is 0.397 e. The summed E-state index contributed by atoms with van der Waals surface area (Å²) >= 11 is 0. The number of hydrogen-bond donors (Lipinski definition) is 3. The van der Waals surface area contributed by atoms with Gasteiger partial charge in [-0.15, -0.1) is 0 Å². The molecule has 2 aromatic rings. The van der Waals surface area contributed by atoms with E-state index in [1.54, 1.807) is 24.3 Å². The number of halogens is 1. The van der Waals surface area contributed by atoms with Crippen LogP contribution in [0.25, 0.3) is 0 Å². The minimum Gasteiger partial charge on any atom is -0.397 e. The maximum absolute atomic E-state index is 13.1. The van der Waals surface area contributed by atoms with Crippen LogP contribution in [0.1, 0.15) is 15.9 Å². The second-order valence-electron chi connectivity index (χ2n) is 4.09. The third-order valence-corrected chi connectivity index (χ3v) is 2.72. The first kappa shape index (κ1) is 13.0. The van der Waals surface area contributed by atoms with Crippen molar-refractivity contribution >= 4 is 17.3 Å². The van der Waals surface area contributed by atoms with Gasteiger partial charge in [-0.2, -0.15) is 0 Å². The van der Waals surface area contributed by atoms with Crippen molar-refractivity contribution in [3.63, 3.8) is 0 Å². The minimum absolute atomic E-state index is 0.257. The third-order valence-electron chi connectivity index (χ3n) is 2.72. The second-order valence-corrected chi connectivity index (χ2v) is 4.09. The maximum atomic E-state index is 13.1. The summed E-state index contributed by atoms with van der Waals surface area (Å²) < 4.78 is 13.1. The lowest BCUT2D eigenvalue weighted by molar-refractivity contribution is 0.102. The van der Waals surface area contributed by atoms with Crippen molar-refractivity contribution in [2.24, 2.45) is 5.73 Å². The zero-order valence-corrected chi connectivity index (χ0v) is 10.2. The molecule has 0 saturated carbocycles. The molecule has 0 fully saturated rings. The van der Waals surface area contributed by atoms with Gasteiger partial charge in [-0.1, -0.05) is 12.1 Å². The Morgan fingerprint density at radius 3 is 2.47 bits per heavy atom. The van der Waals surface area contributed by atoms with Crippen molar-refractivity contribution in [3.05, 3.63) is 59.4 Å². The summed E-state index contributed by atoms with van der Waals surface area (Å²) in [5.41, 5.74) is 13.1. The van der Waals surface area contributed by atoms with E-state index in [2.05, 4.69) is 5.32 Å². The van der Waals surface area contributed by atoms with Crippen molar-refractivity contribution in [1.82, 2.24) is 0 Å². The van der Waals surface area contributed by atoms with Gasteiger partial charge in [0.1, 0.15) is 5.82 Å². The molecule has 1 amide bonds. The number of nitrogens with two attached hydrogens (primary N) is 2. The molecule has 2 rings (SSSR count). The van der Waals surface area contributed by atoms with Crippen LogP contribution in [0, 0.1) is 5.82 Å². The van der Waals surface area contributed by atoms with Gasteiger partial charge >= 0.3 is 0 Å². The SMILES string of the molecule is NCc1ccc(C(=O)Nc2cc(F)ccc2N)cc1. The van der Waals surface area contributed by atoms with E-state index in [4.69, 9.17) is 11.5 Å². The number of hydrogen-bond acceptors (Lipinski definition) is 3. The summed E-state index contributed by atoms with van der Waals surface area (Å²) in [5, 5.41) is 2.57. The molecule has 19 heavy (non-hydrogen) atoms. The zero-order valence-electron chi connectivity index (χ0n) is 10.2. The van der Waals surface area contributed by atoms with E-state index in [0.717, 1.165) is 5.56 Å². The van der Waals surface area contributed by atoms with E-state index >= 15 is 0 Å². The topological polar surface area (TPSA) is 81.1 Å². The van der Waals surface area contributed by atoms with E-state index in [-0.39, 0.29) is 11.6 Å². The highest BCUT2D eigenvalue weighted by molar-refractivity contribution is 6.05. The predicted molar refractivity (Wildman–Crippen MR) is 73.1 cm³/mol. The number of carbonyl (C=O) groups is 1. The summed E-state index contributed by atoms with van der Waals surface area (Å²) in [6, 6.07) is 10.7. The van der Waals surface area contributed by atoms with E-state index < -0.39 is 5.82 Å². The summed E-state index contributed by atoms with van der Waals surface area (Å²) in [6.07, 6.45) is 0. The number of carbonyl (C=O) groups excluding carboxylic acids is 1. The fourth-order valence-electron chi connectivity index (χ4n) is 1.62. The fourth-order valence-corrected chi connectivity index (χ4v) is 1.62. The number of amides is 1. The highest BCUT2D eigenvalue weighted by Crippen LogP contribution is 2.20. The van der Waals surface area contributed by atoms with E-state index in [9.17, 15) is 9.18 Å². The van der Waals surface area contributed by atoms with Crippen molar-refractivity contribution in [2.75, 3.05) is 11.1 Å². The molecule has 0 aromatic heterocycles. The molecule has 5 heteroatoms.